The highest BCUT2D eigenvalue weighted by Crippen LogP contribution is 2.33. The lowest BCUT2D eigenvalue weighted by molar-refractivity contribution is -0.139. The highest BCUT2D eigenvalue weighted by atomic mass is 79.9. The molecule has 1 aromatic rings. The van der Waals surface area contributed by atoms with Crippen LogP contribution in [0, 0.1) is 0 Å². The van der Waals surface area contributed by atoms with E-state index in [2.05, 4.69) is 20.7 Å². The van der Waals surface area contributed by atoms with Crippen molar-refractivity contribution in [1.29, 1.82) is 0 Å². The third kappa shape index (κ3) is 2.88. The zero-order valence-corrected chi connectivity index (χ0v) is 11.0. The van der Waals surface area contributed by atoms with Crippen LogP contribution in [0.2, 0.25) is 0 Å². The van der Waals surface area contributed by atoms with Gasteiger partial charge in [-0.2, -0.15) is 0 Å². The molecule has 0 aliphatic rings. The van der Waals surface area contributed by atoms with Gasteiger partial charge in [-0.05, 0) is 22.0 Å². The van der Waals surface area contributed by atoms with E-state index in [1.165, 1.54) is 7.11 Å². The number of halogens is 1. The van der Waals surface area contributed by atoms with Crippen LogP contribution in [0.3, 0.4) is 0 Å². The first-order chi connectivity index (χ1) is 7.62. The molecule has 0 saturated carbocycles. The molecule has 0 unspecified atom stereocenters. The quantitative estimate of drug-likeness (QED) is 0.797. The Morgan fingerprint density at radius 2 is 1.81 bits per heavy atom. The molecule has 0 spiro atoms. The molecular weight excluding hydrogens is 276 g/mol. The molecule has 1 rings (SSSR count). The van der Waals surface area contributed by atoms with E-state index >= 15 is 0 Å². The normalized spacial score (nSPS) is 9.75. The van der Waals surface area contributed by atoms with Crippen molar-refractivity contribution in [1.82, 2.24) is 0 Å². The summed E-state index contributed by atoms with van der Waals surface area (Å²) in [5.74, 6) is 0.950. The summed E-state index contributed by atoms with van der Waals surface area (Å²) in [6.45, 7) is 0. The topological polar surface area (TPSA) is 44.8 Å². The third-order valence-electron chi connectivity index (χ3n) is 2.12. The van der Waals surface area contributed by atoms with Crippen LogP contribution < -0.4 is 9.47 Å². The summed E-state index contributed by atoms with van der Waals surface area (Å²) >= 11 is 3.35. The number of rotatable bonds is 4. The fourth-order valence-electron chi connectivity index (χ4n) is 1.29. The summed E-state index contributed by atoms with van der Waals surface area (Å²) in [5.41, 5.74) is 0.752. The zero-order valence-electron chi connectivity index (χ0n) is 9.37. The molecule has 1 aromatic carbocycles. The Balaban J connectivity index is 3.08. The van der Waals surface area contributed by atoms with Crippen LogP contribution in [0.4, 0.5) is 0 Å². The number of hydrogen-bond donors (Lipinski definition) is 0. The summed E-state index contributed by atoms with van der Waals surface area (Å²) in [4.78, 5) is 11.2. The monoisotopic (exact) mass is 288 g/mol. The Hall–Kier alpha value is -1.23. The van der Waals surface area contributed by atoms with Gasteiger partial charge in [-0.25, -0.2) is 0 Å². The Kier molecular flexibility index (Phi) is 4.61. The van der Waals surface area contributed by atoms with Crippen molar-refractivity contribution in [3.63, 3.8) is 0 Å². The molecule has 0 aliphatic carbocycles. The van der Waals surface area contributed by atoms with E-state index in [0.717, 1.165) is 10.0 Å². The number of carbonyl (C=O) groups is 1. The molecule has 0 bridgehead atoms. The molecule has 0 atom stereocenters. The maximum Gasteiger partial charge on any atom is 0.310 e. The first kappa shape index (κ1) is 12.8. The molecule has 0 amide bonds. The highest BCUT2D eigenvalue weighted by Gasteiger charge is 2.12. The number of methoxy groups -OCH3 is 3. The molecule has 16 heavy (non-hydrogen) atoms. The van der Waals surface area contributed by atoms with Crippen LogP contribution in [0.25, 0.3) is 0 Å². The number of hydrogen-bond acceptors (Lipinski definition) is 4. The van der Waals surface area contributed by atoms with Crippen LogP contribution >= 0.6 is 15.9 Å². The van der Waals surface area contributed by atoms with Crippen molar-refractivity contribution < 1.29 is 19.0 Å². The van der Waals surface area contributed by atoms with E-state index < -0.39 is 0 Å². The Bertz CT molecular complexity index is 390. The van der Waals surface area contributed by atoms with E-state index in [1.807, 2.05) is 0 Å². The summed E-state index contributed by atoms with van der Waals surface area (Å²) in [6.07, 6.45) is 0.169. The molecule has 5 heteroatoms. The lowest BCUT2D eigenvalue weighted by Crippen LogP contribution is -2.06. The van der Waals surface area contributed by atoms with Crippen LogP contribution in [0.5, 0.6) is 11.5 Å². The number of esters is 1. The standard InChI is InChI=1S/C11H13BrO4/c1-14-9-6-10(15-2)8(12)4-7(9)5-11(13)16-3/h4,6H,5H2,1-3H3. The summed E-state index contributed by atoms with van der Waals surface area (Å²) in [6, 6.07) is 3.51. The molecule has 0 aliphatic heterocycles. The van der Waals surface area contributed by atoms with Crippen LogP contribution in [0.15, 0.2) is 16.6 Å². The van der Waals surface area contributed by atoms with Gasteiger partial charge >= 0.3 is 5.97 Å². The fourth-order valence-corrected chi connectivity index (χ4v) is 1.84. The number of carbonyl (C=O) groups excluding carboxylic acids is 1. The molecule has 0 radical (unpaired) electrons. The largest absolute Gasteiger partial charge is 0.496 e. The Morgan fingerprint density at radius 3 is 2.31 bits per heavy atom. The van der Waals surface area contributed by atoms with E-state index in [0.29, 0.717) is 11.5 Å². The second-order valence-electron chi connectivity index (χ2n) is 3.05. The number of benzene rings is 1. The van der Waals surface area contributed by atoms with Crippen molar-refractivity contribution in [3.8, 4) is 11.5 Å². The molecule has 0 heterocycles. The maximum atomic E-state index is 11.2. The van der Waals surface area contributed by atoms with Crippen LogP contribution in [0.1, 0.15) is 5.56 Å². The van der Waals surface area contributed by atoms with Gasteiger partial charge in [-0.1, -0.05) is 0 Å². The maximum absolute atomic E-state index is 11.2. The minimum atomic E-state index is -0.310. The first-order valence-electron chi connectivity index (χ1n) is 4.59. The van der Waals surface area contributed by atoms with Crippen molar-refractivity contribution in [3.05, 3.63) is 22.2 Å². The highest BCUT2D eigenvalue weighted by molar-refractivity contribution is 9.10. The Labute approximate surface area is 103 Å². The summed E-state index contributed by atoms with van der Waals surface area (Å²) in [7, 11) is 4.47. The SMILES string of the molecule is COC(=O)Cc1cc(Br)c(OC)cc1OC. The van der Waals surface area contributed by atoms with Gasteiger partial charge in [0.05, 0.1) is 32.2 Å². The van der Waals surface area contributed by atoms with Gasteiger partial charge in [-0.3, -0.25) is 4.79 Å². The average molecular weight is 289 g/mol. The Morgan fingerprint density at radius 1 is 1.19 bits per heavy atom. The van der Waals surface area contributed by atoms with E-state index in [1.54, 1.807) is 26.4 Å². The second-order valence-corrected chi connectivity index (χ2v) is 3.91. The van der Waals surface area contributed by atoms with Crippen molar-refractivity contribution in [2.24, 2.45) is 0 Å². The molecule has 0 saturated heterocycles. The van der Waals surface area contributed by atoms with Crippen LogP contribution in [-0.2, 0) is 16.0 Å². The molecule has 0 fully saturated rings. The minimum Gasteiger partial charge on any atom is -0.496 e. The zero-order chi connectivity index (χ0) is 12.1. The smallest absolute Gasteiger partial charge is 0.310 e. The van der Waals surface area contributed by atoms with E-state index in [-0.39, 0.29) is 12.4 Å². The number of ether oxygens (including phenoxy) is 3. The average Bonchev–Trinajstić information content (AvgIpc) is 2.29. The van der Waals surface area contributed by atoms with Gasteiger partial charge in [0.15, 0.2) is 0 Å². The van der Waals surface area contributed by atoms with E-state index in [4.69, 9.17) is 9.47 Å². The first-order valence-corrected chi connectivity index (χ1v) is 5.39. The summed E-state index contributed by atoms with van der Waals surface area (Å²) in [5, 5.41) is 0. The fraction of sp³-hybridized carbons (Fsp3) is 0.364. The van der Waals surface area contributed by atoms with Gasteiger partial charge in [0.25, 0.3) is 0 Å². The predicted octanol–water partition coefficient (Wildman–Crippen LogP) is 2.18. The third-order valence-corrected chi connectivity index (χ3v) is 2.74. The van der Waals surface area contributed by atoms with Gasteiger partial charge < -0.3 is 14.2 Å². The molecule has 4 nitrogen and oxygen atoms in total. The van der Waals surface area contributed by atoms with Crippen molar-refractivity contribution >= 4 is 21.9 Å². The van der Waals surface area contributed by atoms with Crippen LogP contribution in [-0.4, -0.2) is 27.3 Å². The molecular formula is C11H13BrO4. The molecule has 0 aromatic heterocycles. The second kappa shape index (κ2) is 5.75. The van der Waals surface area contributed by atoms with Crippen molar-refractivity contribution in [2.75, 3.05) is 21.3 Å². The molecule has 0 N–H and O–H groups in total. The van der Waals surface area contributed by atoms with Gasteiger partial charge in [0.1, 0.15) is 11.5 Å². The lowest BCUT2D eigenvalue weighted by atomic mass is 10.1. The van der Waals surface area contributed by atoms with Gasteiger partial charge in [0, 0.05) is 11.6 Å². The summed E-state index contributed by atoms with van der Waals surface area (Å²) < 4.78 is 15.7. The van der Waals surface area contributed by atoms with E-state index in [9.17, 15) is 4.79 Å². The molecule has 88 valence electrons. The minimum absolute atomic E-state index is 0.169. The van der Waals surface area contributed by atoms with Crippen molar-refractivity contribution in [2.45, 2.75) is 6.42 Å². The van der Waals surface area contributed by atoms with Gasteiger partial charge in [-0.15, -0.1) is 0 Å². The van der Waals surface area contributed by atoms with Gasteiger partial charge in [0.2, 0.25) is 0 Å². The predicted molar refractivity (Wildman–Crippen MR) is 63.0 cm³/mol. The lowest BCUT2D eigenvalue weighted by Gasteiger charge is -2.11.